The Kier molecular flexibility index (Phi) is 5.35. The molecule has 2 aromatic heterocycles. The van der Waals surface area contributed by atoms with Gasteiger partial charge in [-0.15, -0.1) is 11.3 Å². The molecule has 0 spiro atoms. The third-order valence-corrected chi connectivity index (χ3v) is 4.25. The molecule has 0 unspecified atom stereocenters. The lowest BCUT2D eigenvalue weighted by molar-refractivity contribution is 0.944. The van der Waals surface area contributed by atoms with E-state index in [0.29, 0.717) is 0 Å². The maximum atomic E-state index is 4.39. The summed E-state index contributed by atoms with van der Waals surface area (Å²) in [4.78, 5) is 10.1. The van der Waals surface area contributed by atoms with Crippen molar-refractivity contribution < 1.29 is 0 Å². The molecule has 2 rings (SSSR count). The lowest BCUT2D eigenvalue weighted by atomic mass is 10.2. The number of anilines is 2. The van der Waals surface area contributed by atoms with Gasteiger partial charge in [-0.05, 0) is 36.8 Å². The van der Waals surface area contributed by atoms with E-state index >= 15 is 0 Å². The van der Waals surface area contributed by atoms with Gasteiger partial charge >= 0.3 is 0 Å². The minimum atomic E-state index is 0.820. The van der Waals surface area contributed by atoms with Crippen molar-refractivity contribution in [3.8, 4) is 0 Å². The monoisotopic (exact) mass is 290 g/mol. The number of hydrogen-bond donors (Lipinski definition) is 2. The fraction of sp³-hybridized carbons (Fsp3) is 0.467. The Morgan fingerprint density at radius 3 is 2.50 bits per heavy atom. The van der Waals surface area contributed by atoms with Crippen LogP contribution in [0.1, 0.15) is 36.3 Å². The summed E-state index contributed by atoms with van der Waals surface area (Å²) in [5, 5.41) is 8.94. The lowest BCUT2D eigenvalue weighted by Gasteiger charge is -2.14. The molecule has 2 N–H and O–H groups in total. The van der Waals surface area contributed by atoms with Gasteiger partial charge < -0.3 is 10.6 Å². The van der Waals surface area contributed by atoms with Gasteiger partial charge in [-0.3, -0.25) is 0 Å². The van der Waals surface area contributed by atoms with Crippen LogP contribution in [0.15, 0.2) is 17.8 Å². The number of hydrogen-bond acceptors (Lipinski definition) is 5. The van der Waals surface area contributed by atoms with Crippen LogP contribution in [0.3, 0.4) is 0 Å². The summed E-state index contributed by atoms with van der Waals surface area (Å²) in [6, 6.07) is 2.15. The zero-order valence-electron chi connectivity index (χ0n) is 12.4. The van der Waals surface area contributed by atoms with Gasteiger partial charge in [0.25, 0.3) is 0 Å². The van der Waals surface area contributed by atoms with E-state index in [0.717, 1.165) is 43.1 Å². The van der Waals surface area contributed by atoms with E-state index in [1.807, 2.05) is 0 Å². The molecule has 2 aromatic rings. The van der Waals surface area contributed by atoms with E-state index in [4.69, 9.17) is 0 Å². The van der Waals surface area contributed by atoms with Gasteiger partial charge in [-0.2, -0.15) is 0 Å². The molecule has 108 valence electrons. The van der Waals surface area contributed by atoms with Crippen LogP contribution in [0.4, 0.5) is 11.6 Å². The van der Waals surface area contributed by atoms with Gasteiger partial charge in [0.2, 0.25) is 0 Å². The van der Waals surface area contributed by atoms with Crippen molar-refractivity contribution in [2.24, 2.45) is 0 Å². The van der Waals surface area contributed by atoms with Gasteiger partial charge in [0, 0.05) is 17.0 Å². The minimum Gasteiger partial charge on any atom is -0.370 e. The molecular formula is C15H22N4S. The summed E-state index contributed by atoms with van der Waals surface area (Å²) >= 11 is 1.78. The average molecular weight is 290 g/mol. The second-order valence-electron chi connectivity index (χ2n) is 4.71. The molecule has 0 aliphatic rings. The lowest BCUT2D eigenvalue weighted by Crippen LogP contribution is -2.10. The van der Waals surface area contributed by atoms with Crippen LogP contribution in [-0.4, -0.2) is 16.5 Å². The molecule has 20 heavy (non-hydrogen) atoms. The van der Waals surface area contributed by atoms with E-state index in [1.54, 1.807) is 17.7 Å². The molecule has 0 saturated heterocycles. The van der Waals surface area contributed by atoms with E-state index < -0.39 is 0 Å². The van der Waals surface area contributed by atoms with Gasteiger partial charge in [0.1, 0.15) is 18.0 Å². The summed E-state index contributed by atoms with van der Waals surface area (Å²) in [6.07, 6.45) is 3.63. The molecule has 4 nitrogen and oxygen atoms in total. The first-order valence-corrected chi connectivity index (χ1v) is 7.98. The van der Waals surface area contributed by atoms with Gasteiger partial charge in [0.05, 0.1) is 6.54 Å². The van der Waals surface area contributed by atoms with Gasteiger partial charge in [-0.25, -0.2) is 9.97 Å². The molecule has 0 fully saturated rings. The number of nitrogens with one attached hydrogen (secondary N) is 2. The standard InChI is InChI=1S/C15H22N4S/c1-4-7-16-14-12(5-2)15(19-10-18-14)17-9-13-11(3)6-8-20-13/h6,8,10H,4-5,7,9H2,1-3H3,(H2,16,17,18,19). The summed E-state index contributed by atoms with van der Waals surface area (Å²) in [5.74, 6) is 1.89. The van der Waals surface area contributed by atoms with Crippen molar-refractivity contribution in [1.82, 2.24) is 9.97 Å². The van der Waals surface area contributed by atoms with E-state index in [2.05, 4.69) is 52.8 Å². The highest BCUT2D eigenvalue weighted by Crippen LogP contribution is 2.22. The number of thiophene rings is 1. The first kappa shape index (κ1) is 14.8. The number of aromatic nitrogens is 2. The highest BCUT2D eigenvalue weighted by Gasteiger charge is 2.09. The molecule has 0 aliphatic heterocycles. The highest BCUT2D eigenvalue weighted by molar-refractivity contribution is 7.10. The second-order valence-corrected chi connectivity index (χ2v) is 5.71. The zero-order valence-corrected chi connectivity index (χ0v) is 13.2. The summed E-state index contributed by atoms with van der Waals surface area (Å²) < 4.78 is 0. The Bertz CT molecular complexity index is 551. The van der Waals surface area contributed by atoms with Crippen LogP contribution in [0, 0.1) is 6.92 Å². The van der Waals surface area contributed by atoms with Crippen molar-refractivity contribution >= 4 is 23.0 Å². The predicted octanol–water partition coefficient (Wildman–Crippen LogP) is 3.84. The average Bonchev–Trinajstić information content (AvgIpc) is 2.88. The maximum absolute atomic E-state index is 4.39. The van der Waals surface area contributed by atoms with Crippen LogP contribution in [-0.2, 0) is 13.0 Å². The molecule has 0 amide bonds. The Morgan fingerprint density at radius 1 is 1.15 bits per heavy atom. The first-order chi connectivity index (χ1) is 9.76. The normalized spacial score (nSPS) is 10.6. The molecule has 0 aliphatic carbocycles. The largest absolute Gasteiger partial charge is 0.370 e. The van der Waals surface area contributed by atoms with Crippen molar-refractivity contribution in [3.05, 3.63) is 33.8 Å². The Hall–Kier alpha value is -1.62. The molecule has 5 heteroatoms. The van der Waals surface area contributed by atoms with Crippen LogP contribution in [0.5, 0.6) is 0 Å². The molecule has 0 aromatic carbocycles. The van der Waals surface area contributed by atoms with Gasteiger partial charge in [-0.1, -0.05) is 13.8 Å². The Labute approximate surface area is 124 Å². The van der Waals surface area contributed by atoms with Crippen LogP contribution in [0.2, 0.25) is 0 Å². The molecule has 0 saturated carbocycles. The Balaban J connectivity index is 2.12. The summed E-state index contributed by atoms with van der Waals surface area (Å²) in [7, 11) is 0. The van der Waals surface area contributed by atoms with E-state index in [-0.39, 0.29) is 0 Å². The third-order valence-electron chi connectivity index (χ3n) is 3.23. The highest BCUT2D eigenvalue weighted by atomic mass is 32.1. The first-order valence-electron chi connectivity index (χ1n) is 7.10. The Morgan fingerprint density at radius 2 is 1.90 bits per heavy atom. The van der Waals surface area contributed by atoms with Crippen molar-refractivity contribution in [2.75, 3.05) is 17.2 Å². The summed E-state index contributed by atoms with van der Waals surface area (Å²) in [5.41, 5.74) is 2.49. The van der Waals surface area contributed by atoms with Crippen LogP contribution in [0.25, 0.3) is 0 Å². The molecule has 0 bridgehead atoms. The van der Waals surface area contributed by atoms with Crippen LogP contribution < -0.4 is 10.6 Å². The SMILES string of the molecule is CCCNc1ncnc(NCc2sccc2C)c1CC. The number of nitrogens with zero attached hydrogens (tertiary/aromatic N) is 2. The van der Waals surface area contributed by atoms with Crippen LogP contribution >= 0.6 is 11.3 Å². The predicted molar refractivity (Wildman–Crippen MR) is 86.6 cm³/mol. The molecule has 2 heterocycles. The fourth-order valence-electron chi connectivity index (χ4n) is 2.04. The minimum absolute atomic E-state index is 0.820. The molecular weight excluding hydrogens is 268 g/mol. The van der Waals surface area contributed by atoms with Crippen molar-refractivity contribution in [2.45, 2.75) is 40.2 Å². The quantitative estimate of drug-likeness (QED) is 0.813. The zero-order chi connectivity index (χ0) is 14.4. The topological polar surface area (TPSA) is 49.8 Å². The van der Waals surface area contributed by atoms with Crippen molar-refractivity contribution in [1.29, 1.82) is 0 Å². The second kappa shape index (κ2) is 7.24. The molecule has 0 atom stereocenters. The summed E-state index contributed by atoms with van der Waals surface area (Å²) in [6.45, 7) is 8.19. The number of aryl methyl sites for hydroxylation is 1. The smallest absolute Gasteiger partial charge is 0.135 e. The van der Waals surface area contributed by atoms with E-state index in [9.17, 15) is 0 Å². The molecule has 0 radical (unpaired) electrons. The van der Waals surface area contributed by atoms with Crippen molar-refractivity contribution in [3.63, 3.8) is 0 Å². The fourth-order valence-corrected chi connectivity index (χ4v) is 2.89. The maximum Gasteiger partial charge on any atom is 0.135 e. The van der Waals surface area contributed by atoms with Gasteiger partial charge in [0.15, 0.2) is 0 Å². The number of rotatable bonds is 7. The van der Waals surface area contributed by atoms with E-state index in [1.165, 1.54) is 10.4 Å². The third kappa shape index (κ3) is 3.48.